The van der Waals surface area contributed by atoms with E-state index in [1.54, 1.807) is 0 Å². The van der Waals surface area contributed by atoms with Crippen LogP contribution in [0.15, 0.2) is 4.99 Å². The Labute approximate surface area is 167 Å². The predicted octanol–water partition coefficient (Wildman–Crippen LogP) is 2.19. The lowest BCUT2D eigenvalue weighted by Crippen LogP contribution is -2.48. The van der Waals surface area contributed by atoms with Crippen molar-refractivity contribution in [1.82, 2.24) is 15.5 Å². The van der Waals surface area contributed by atoms with Crippen molar-refractivity contribution in [1.29, 1.82) is 0 Å². The summed E-state index contributed by atoms with van der Waals surface area (Å²) in [4.78, 5) is 6.78. The summed E-state index contributed by atoms with van der Waals surface area (Å²) in [5.41, 5.74) is 0. The summed E-state index contributed by atoms with van der Waals surface area (Å²) in [6.07, 6.45) is 6.98. The Bertz CT molecular complexity index is 413. The molecule has 0 aromatic rings. The molecule has 0 aromatic carbocycles. The Hall–Kier alpha value is 0.110. The van der Waals surface area contributed by atoms with E-state index in [1.165, 1.54) is 32.4 Å². The molecule has 1 saturated carbocycles. The first-order valence-corrected chi connectivity index (χ1v) is 10.5. The van der Waals surface area contributed by atoms with Gasteiger partial charge in [-0.3, -0.25) is 9.20 Å². The molecule has 142 valence electrons. The van der Waals surface area contributed by atoms with Gasteiger partial charge in [0.25, 0.3) is 0 Å². The molecule has 0 bridgehead atoms. The number of nitrogens with zero attached hydrogens (tertiary/aromatic N) is 2. The van der Waals surface area contributed by atoms with Crippen LogP contribution in [-0.2, 0) is 10.8 Å². The number of rotatable bonds is 5. The minimum Gasteiger partial charge on any atom is -0.356 e. The smallest absolute Gasteiger partial charge is 0.191 e. The molecule has 1 aliphatic heterocycles. The molecule has 7 heteroatoms. The zero-order chi connectivity index (χ0) is 16.7. The fourth-order valence-electron chi connectivity index (χ4n) is 3.65. The average Bonchev–Trinajstić information content (AvgIpc) is 2.59. The maximum atomic E-state index is 12.1. The van der Waals surface area contributed by atoms with Gasteiger partial charge in [-0.2, -0.15) is 0 Å². The third kappa shape index (κ3) is 7.15. The van der Waals surface area contributed by atoms with Crippen LogP contribution < -0.4 is 10.6 Å². The summed E-state index contributed by atoms with van der Waals surface area (Å²) in [7, 11) is 3.37. The highest BCUT2D eigenvalue weighted by atomic mass is 127. The van der Waals surface area contributed by atoms with E-state index in [-0.39, 0.29) is 24.0 Å². The van der Waals surface area contributed by atoms with Crippen LogP contribution >= 0.6 is 24.0 Å². The van der Waals surface area contributed by atoms with Crippen molar-refractivity contribution in [3.8, 4) is 0 Å². The fraction of sp³-hybridized carbons (Fsp3) is 0.941. The molecule has 2 fully saturated rings. The Morgan fingerprint density at radius 3 is 2.58 bits per heavy atom. The van der Waals surface area contributed by atoms with Gasteiger partial charge in [-0.05, 0) is 58.2 Å². The van der Waals surface area contributed by atoms with Gasteiger partial charge in [0.2, 0.25) is 0 Å². The van der Waals surface area contributed by atoms with E-state index in [2.05, 4.69) is 27.6 Å². The first-order valence-electron chi connectivity index (χ1n) is 9.15. The number of hydrogen-bond acceptors (Lipinski definition) is 3. The van der Waals surface area contributed by atoms with Gasteiger partial charge in [0.1, 0.15) is 0 Å². The van der Waals surface area contributed by atoms with Gasteiger partial charge in [0, 0.05) is 41.4 Å². The molecule has 2 rings (SSSR count). The zero-order valence-corrected chi connectivity index (χ0v) is 18.6. The van der Waals surface area contributed by atoms with Crippen LogP contribution in [0.5, 0.6) is 0 Å². The lowest BCUT2D eigenvalue weighted by atomic mass is 9.95. The van der Waals surface area contributed by atoms with Crippen molar-refractivity contribution in [2.45, 2.75) is 56.7 Å². The van der Waals surface area contributed by atoms with E-state index >= 15 is 0 Å². The fourth-order valence-corrected chi connectivity index (χ4v) is 4.99. The molecule has 0 amide bonds. The third-order valence-corrected chi connectivity index (χ3v) is 6.98. The van der Waals surface area contributed by atoms with Crippen LogP contribution in [0.2, 0.25) is 0 Å². The highest BCUT2D eigenvalue weighted by molar-refractivity contribution is 14.0. The van der Waals surface area contributed by atoms with Crippen LogP contribution in [0.25, 0.3) is 0 Å². The maximum absolute atomic E-state index is 12.1. The minimum absolute atomic E-state index is 0. The Kier molecular flexibility index (Phi) is 10.8. The SMILES string of the molecule is CCS(=O)C1CCCC(NC(=NC)NCC2CCN(C)CC2)C1.I. The highest BCUT2D eigenvalue weighted by Crippen LogP contribution is 2.23. The molecule has 0 radical (unpaired) electrons. The third-order valence-electron chi connectivity index (χ3n) is 5.24. The number of aliphatic imine (C=N–C) groups is 1. The molecule has 1 saturated heterocycles. The Morgan fingerprint density at radius 2 is 1.96 bits per heavy atom. The number of likely N-dealkylation sites (tertiary alicyclic amines) is 1. The molecule has 3 atom stereocenters. The van der Waals surface area contributed by atoms with Crippen LogP contribution in [0, 0.1) is 5.92 Å². The van der Waals surface area contributed by atoms with E-state index in [4.69, 9.17) is 0 Å². The van der Waals surface area contributed by atoms with Crippen LogP contribution in [0.3, 0.4) is 0 Å². The predicted molar refractivity (Wildman–Crippen MR) is 115 cm³/mol. The first kappa shape index (κ1) is 22.2. The second-order valence-electron chi connectivity index (χ2n) is 7.00. The minimum atomic E-state index is -0.667. The van der Waals surface area contributed by atoms with Gasteiger partial charge in [-0.25, -0.2) is 0 Å². The van der Waals surface area contributed by atoms with Crippen LogP contribution in [0.1, 0.15) is 45.4 Å². The Balaban J connectivity index is 0.00000288. The number of guanidine groups is 1. The summed E-state index contributed by atoms with van der Waals surface area (Å²) in [6, 6.07) is 0.410. The van der Waals surface area contributed by atoms with E-state index in [1.807, 2.05) is 14.0 Å². The second-order valence-corrected chi connectivity index (χ2v) is 9.00. The molecule has 5 nitrogen and oxygen atoms in total. The van der Waals surface area contributed by atoms with Gasteiger partial charge < -0.3 is 15.5 Å². The summed E-state index contributed by atoms with van der Waals surface area (Å²) in [5.74, 6) is 2.44. The maximum Gasteiger partial charge on any atom is 0.191 e. The first-order chi connectivity index (χ1) is 11.1. The van der Waals surface area contributed by atoms with Crippen molar-refractivity contribution >= 4 is 40.7 Å². The number of piperidine rings is 1. The van der Waals surface area contributed by atoms with Crippen molar-refractivity contribution in [2.75, 3.05) is 39.5 Å². The molecule has 3 unspecified atom stereocenters. The summed E-state index contributed by atoms with van der Waals surface area (Å²) >= 11 is 0. The molecule has 24 heavy (non-hydrogen) atoms. The monoisotopic (exact) mass is 470 g/mol. The Morgan fingerprint density at radius 1 is 1.25 bits per heavy atom. The molecule has 1 aliphatic carbocycles. The van der Waals surface area contributed by atoms with Crippen molar-refractivity contribution in [3.05, 3.63) is 0 Å². The number of halogens is 1. The van der Waals surface area contributed by atoms with Gasteiger partial charge in [-0.1, -0.05) is 13.3 Å². The largest absolute Gasteiger partial charge is 0.356 e. The lowest BCUT2D eigenvalue weighted by Gasteiger charge is -2.32. The van der Waals surface area contributed by atoms with E-state index in [0.717, 1.165) is 43.4 Å². The van der Waals surface area contributed by atoms with E-state index in [0.29, 0.717) is 11.3 Å². The molecule has 1 heterocycles. The quantitative estimate of drug-likeness (QED) is 0.368. The molecular formula is C17H35IN4OS. The van der Waals surface area contributed by atoms with Gasteiger partial charge in [0.15, 0.2) is 5.96 Å². The van der Waals surface area contributed by atoms with Crippen molar-refractivity contribution < 1.29 is 4.21 Å². The summed E-state index contributed by atoms with van der Waals surface area (Å²) in [5, 5.41) is 7.42. The second kappa shape index (κ2) is 11.7. The summed E-state index contributed by atoms with van der Waals surface area (Å²) < 4.78 is 12.1. The van der Waals surface area contributed by atoms with E-state index < -0.39 is 10.8 Å². The standard InChI is InChI=1S/C17H34N4OS.HI/c1-4-23(22)16-7-5-6-15(12-16)20-17(18-2)19-13-14-8-10-21(3)11-9-14;/h14-16H,4-13H2,1-3H3,(H2,18,19,20);1H. The molecule has 0 aromatic heterocycles. The number of hydrogen-bond donors (Lipinski definition) is 2. The number of nitrogens with one attached hydrogen (secondary N) is 2. The normalized spacial score (nSPS) is 28.0. The topological polar surface area (TPSA) is 56.7 Å². The molecule has 2 aliphatic rings. The van der Waals surface area contributed by atoms with Gasteiger partial charge >= 0.3 is 0 Å². The van der Waals surface area contributed by atoms with E-state index in [9.17, 15) is 4.21 Å². The van der Waals surface area contributed by atoms with Crippen molar-refractivity contribution in [2.24, 2.45) is 10.9 Å². The molecular weight excluding hydrogens is 435 g/mol. The van der Waals surface area contributed by atoms with Crippen LogP contribution in [0.4, 0.5) is 0 Å². The molecule has 0 spiro atoms. The van der Waals surface area contributed by atoms with Gasteiger partial charge in [-0.15, -0.1) is 24.0 Å². The lowest BCUT2D eigenvalue weighted by molar-refractivity contribution is 0.220. The van der Waals surface area contributed by atoms with Crippen LogP contribution in [-0.4, -0.2) is 65.8 Å². The molecule has 2 N–H and O–H groups in total. The van der Waals surface area contributed by atoms with Crippen molar-refractivity contribution in [3.63, 3.8) is 0 Å². The highest BCUT2D eigenvalue weighted by Gasteiger charge is 2.26. The summed E-state index contributed by atoms with van der Waals surface area (Å²) in [6.45, 7) is 5.43. The van der Waals surface area contributed by atoms with Gasteiger partial charge in [0.05, 0.1) is 0 Å². The average molecular weight is 470 g/mol. The zero-order valence-electron chi connectivity index (χ0n) is 15.4.